The van der Waals surface area contributed by atoms with Gasteiger partial charge in [-0.25, -0.2) is 0 Å². The van der Waals surface area contributed by atoms with E-state index < -0.39 is 17.0 Å². The number of anilines is 1. The van der Waals surface area contributed by atoms with Crippen molar-refractivity contribution in [1.29, 1.82) is 0 Å². The van der Waals surface area contributed by atoms with Gasteiger partial charge < -0.3 is 10.1 Å². The highest BCUT2D eigenvalue weighted by molar-refractivity contribution is 6.33. The second-order valence-corrected chi connectivity index (χ2v) is 6.77. The number of halogens is 1. The number of amides is 1. The molecular weight excluding hydrogens is 394 g/mol. The lowest BCUT2D eigenvalue weighted by atomic mass is 10.2. The standard InChI is InChI=1S/C21H20ClN3O4/c1-3-29-16-7-5-15(6-8-16)25-11-10-24(20(27)21(25)28)13-19(26)23-18-9-4-14(2)12-17(18)22/h4-12H,3,13H2,1-2H3,(H,23,26). The van der Waals surface area contributed by atoms with E-state index in [0.717, 1.165) is 10.1 Å². The SMILES string of the molecule is CCOc1ccc(-n2ccn(CC(=O)Nc3ccc(C)cc3Cl)c(=O)c2=O)cc1. The molecule has 0 atom stereocenters. The summed E-state index contributed by atoms with van der Waals surface area (Å²) in [5.74, 6) is 0.208. The zero-order chi connectivity index (χ0) is 21.0. The molecule has 0 bridgehead atoms. The van der Waals surface area contributed by atoms with Crippen molar-refractivity contribution < 1.29 is 9.53 Å². The van der Waals surface area contributed by atoms with Gasteiger partial charge in [-0.3, -0.25) is 23.5 Å². The molecule has 7 nitrogen and oxygen atoms in total. The second kappa shape index (κ2) is 8.79. The third-order valence-electron chi connectivity index (χ3n) is 4.20. The van der Waals surface area contributed by atoms with Crippen LogP contribution in [0.2, 0.25) is 5.02 Å². The summed E-state index contributed by atoms with van der Waals surface area (Å²) in [6.07, 6.45) is 2.85. The van der Waals surface area contributed by atoms with E-state index in [4.69, 9.17) is 16.3 Å². The average molecular weight is 414 g/mol. The van der Waals surface area contributed by atoms with E-state index >= 15 is 0 Å². The maximum atomic E-state index is 12.5. The number of ether oxygens (including phenoxy) is 1. The summed E-state index contributed by atoms with van der Waals surface area (Å²) in [6, 6.07) is 12.0. The van der Waals surface area contributed by atoms with Crippen LogP contribution in [0.15, 0.2) is 64.4 Å². The third kappa shape index (κ3) is 4.75. The molecule has 0 radical (unpaired) electrons. The van der Waals surface area contributed by atoms with E-state index in [2.05, 4.69) is 5.32 Å². The van der Waals surface area contributed by atoms with Crippen molar-refractivity contribution in [3.63, 3.8) is 0 Å². The second-order valence-electron chi connectivity index (χ2n) is 6.36. The first kappa shape index (κ1) is 20.4. The van der Waals surface area contributed by atoms with E-state index in [1.807, 2.05) is 19.9 Å². The van der Waals surface area contributed by atoms with Crippen molar-refractivity contribution in [3.05, 3.63) is 86.2 Å². The molecule has 0 unspecified atom stereocenters. The Kier molecular flexibility index (Phi) is 6.19. The minimum absolute atomic E-state index is 0.303. The predicted molar refractivity (Wildman–Crippen MR) is 112 cm³/mol. The quantitative estimate of drug-likeness (QED) is 0.630. The van der Waals surface area contributed by atoms with Crippen molar-refractivity contribution in [3.8, 4) is 11.4 Å². The molecule has 3 aromatic rings. The Labute approximate surface area is 172 Å². The Morgan fingerprint density at radius 1 is 1.07 bits per heavy atom. The van der Waals surface area contributed by atoms with E-state index in [1.54, 1.807) is 36.4 Å². The van der Waals surface area contributed by atoms with Crippen LogP contribution >= 0.6 is 11.6 Å². The van der Waals surface area contributed by atoms with Crippen molar-refractivity contribution in [2.45, 2.75) is 20.4 Å². The normalized spacial score (nSPS) is 10.6. The van der Waals surface area contributed by atoms with Crippen molar-refractivity contribution in [2.75, 3.05) is 11.9 Å². The molecule has 1 amide bonds. The molecule has 0 aliphatic carbocycles. The van der Waals surface area contributed by atoms with Crippen LogP contribution in [0.5, 0.6) is 5.75 Å². The molecule has 150 valence electrons. The van der Waals surface area contributed by atoms with Crippen LogP contribution in [0.4, 0.5) is 5.69 Å². The summed E-state index contributed by atoms with van der Waals surface area (Å²) in [5.41, 5.74) is 0.378. The fraction of sp³-hybridized carbons (Fsp3) is 0.190. The first-order valence-corrected chi connectivity index (χ1v) is 9.38. The third-order valence-corrected chi connectivity index (χ3v) is 4.51. The summed E-state index contributed by atoms with van der Waals surface area (Å²) >= 11 is 6.11. The van der Waals surface area contributed by atoms with E-state index in [0.29, 0.717) is 28.8 Å². The van der Waals surface area contributed by atoms with Crippen LogP contribution in [-0.2, 0) is 11.3 Å². The number of hydrogen-bond acceptors (Lipinski definition) is 4. The van der Waals surface area contributed by atoms with Gasteiger partial charge in [-0.05, 0) is 55.8 Å². The largest absolute Gasteiger partial charge is 0.494 e. The Morgan fingerprint density at radius 3 is 2.45 bits per heavy atom. The first-order valence-electron chi connectivity index (χ1n) is 9.00. The van der Waals surface area contributed by atoms with Crippen LogP contribution < -0.4 is 21.2 Å². The van der Waals surface area contributed by atoms with Crippen LogP contribution in [-0.4, -0.2) is 21.6 Å². The number of carbonyl (C=O) groups is 1. The minimum Gasteiger partial charge on any atom is -0.494 e. The van der Waals surface area contributed by atoms with Gasteiger partial charge in [0.2, 0.25) is 5.91 Å². The van der Waals surface area contributed by atoms with Crippen LogP contribution in [0, 0.1) is 6.92 Å². The lowest BCUT2D eigenvalue weighted by molar-refractivity contribution is -0.116. The van der Waals surface area contributed by atoms with Gasteiger partial charge in [-0.15, -0.1) is 0 Å². The number of nitrogens with one attached hydrogen (secondary N) is 1. The van der Waals surface area contributed by atoms with Gasteiger partial charge >= 0.3 is 11.1 Å². The number of aromatic nitrogens is 2. The molecule has 0 spiro atoms. The topological polar surface area (TPSA) is 82.3 Å². The Balaban J connectivity index is 1.79. The molecule has 1 aromatic heterocycles. The maximum Gasteiger partial charge on any atom is 0.320 e. The predicted octanol–water partition coefficient (Wildman–Crippen LogP) is 3.00. The summed E-state index contributed by atoms with van der Waals surface area (Å²) in [5, 5.41) is 3.04. The lowest BCUT2D eigenvalue weighted by Crippen LogP contribution is -2.41. The first-order chi connectivity index (χ1) is 13.9. The average Bonchev–Trinajstić information content (AvgIpc) is 2.69. The number of aryl methyl sites for hydroxylation is 1. The number of carbonyl (C=O) groups excluding carboxylic acids is 1. The van der Waals surface area contributed by atoms with E-state index in [9.17, 15) is 14.4 Å². The maximum absolute atomic E-state index is 12.5. The number of benzene rings is 2. The fourth-order valence-electron chi connectivity index (χ4n) is 2.77. The number of nitrogens with zero attached hydrogens (tertiary/aromatic N) is 2. The monoisotopic (exact) mass is 413 g/mol. The molecule has 2 aromatic carbocycles. The van der Waals surface area contributed by atoms with Crippen molar-refractivity contribution in [2.24, 2.45) is 0 Å². The summed E-state index contributed by atoms with van der Waals surface area (Å²) < 4.78 is 7.66. The van der Waals surface area contributed by atoms with Gasteiger partial charge in [0.1, 0.15) is 12.3 Å². The minimum atomic E-state index is -0.800. The van der Waals surface area contributed by atoms with Gasteiger partial charge in [-0.1, -0.05) is 17.7 Å². The molecule has 29 heavy (non-hydrogen) atoms. The molecule has 0 fully saturated rings. The van der Waals surface area contributed by atoms with Gasteiger partial charge in [0, 0.05) is 18.1 Å². The lowest BCUT2D eigenvalue weighted by Gasteiger charge is -2.11. The smallest absolute Gasteiger partial charge is 0.320 e. The molecular formula is C21H20ClN3O4. The highest BCUT2D eigenvalue weighted by atomic mass is 35.5. The Hall–Kier alpha value is -3.32. The molecule has 0 saturated carbocycles. The zero-order valence-corrected chi connectivity index (χ0v) is 16.8. The van der Waals surface area contributed by atoms with Gasteiger partial charge in [0.15, 0.2) is 0 Å². The van der Waals surface area contributed by atoms with Gasteiger partial charge in [-0.2, -0.15) is 0 Å². The van der Waals surface area contributed by atoms with E-state index in [1.165, 1.54) is 17.0 Å². The van der Waals surface area contributed by atoms with Gasteiger partial charge in [0.05, 0.1) is 17.3 Å². The Morgan fingerprint density at radius 2 is 1.79 bits per heavy atom. The van der Waals surface area contributed by atoms with Gasteiger partial charge in [0.25, 0.3) is 0 Å². The number of hydrogen-bond donors (Lipinski definition) is 1. The van der Waals surface area contributed by atoms with Crippen molar-refractivity contribution in [1.82, 2.24) is 9.13 Å². The summed E-state index contributed by atoms with van der Waals surface area (Å²) in [6.45, 7) is 3.99. The highest BCUT2D eigenvalue weighted by Crippen LogP contribution is 2.22. The fourth-order valence-corrected chi connectivity index (χ4v) is 3.05. The van der Waals surface area contributed by atoms with Crippen LogP contribution in [0.25, 0.3) is 5.69 Å². The number of rotatable bonds is 6. The highest BCUT2D eigenvalue weighted by Gasteiger charge is 2.11. The van der Waals surface area contributed by atoms with Crippen LogP contribution in [0.3, 0.4) is 0 Å². The van der Waals surface area contributed by atoms with Crippen LogP contribution in [0.1, 0.15) is 12.5 Å². The zero-order valence-electron chi connectivity index (χ0n) is 16.0. The molecule has 8 heteroatoms. The molecule has 1 N–H and O–H groups in total. The molecule has 0 aliphatic heterocycles. The summed E-state index contributed by atoms with van der Waals surface area (Å²) in [4.78, 5) is 37.2. The Bertz CT molecular complexity index is 1150. The molecule has 0 aliphatic rings. The van der Waals surface area contributed by atoms with E-state index in [-0.39, 0.29) is 6.54 Å². The summed E-state index contributed by atoms with van der Waals surface area (Å²) in [7, 11) is 0. The molecule has 0 saturated heterocycles. The van der Waals surface area contributed by atoms with Crippen molar-refractivity contribution >= 4 is 23.2 Å². The molecule has 1 heterocycles. The molecule has 3 rings (SSSR count).